The lowest BCUT2D eigenvalue weighted by Gasteiger charge is -2.71. The van der Waals surface area contributed by atoms with Gasteiger partial charge in [-0.2, -0.15) is 0 Å². The third-order valence-electron chi connectivity index (χ3n) is 25.0. The quantitative estimate of drug-likeness (QED) is 0.0526. The summed E-state index contributed by atoms with van der Waals surface area (Å²) in [6.07, 6.45) is -40.6. The minimum Gasteiger partial charge on any atom is -0.481 e. The van der Waals surface area contributed by atoms with Crippen molar-refractivity contribution in [3.05, 3.63) is 11.6 Å². The molecule has 37 atom stereocenters. The maximum absolute atomic E-state index is 13.3. The van der Waals surface area contributed by atoms with Crippen LogP contribution in [0.1, 0.15) is 120 Å². The molecule has 10 fully saturated rings. The number of aliphatic hydroxyl groups excluding tert-OH is 16. The third kappa shape index (κ3) is 12.4. The monoisotopic (exact) mass is 1350 g/mol. The van der Waals surface area contributed by atoms with E-state index in [1.54, 1.807) is 0 Å². The molecule has 0 radical (unpaired) electrons. The molecule has 30 nitrogen and oxygen atoms in total. The minimum atomic E-state index is -2.20. The molecule has 0 spiro atoms. The summed E-state index contributed by atoms with van der Waals surface area (Å²) in [5.41, 5.74) is -1.22. The third-order valence-corrected chi connectivity index (χ3v) is 25.0. The number of fused-ring (bicyclic) bond motifs is 7. The van der Waals surface area contributed by atoms with Crippen molar-refractivity contribution in [1.29, 1.82) is 0 Å². The van der Waals surface area contributed by atoms with Gasteiger partial charge in [-0.1, -0.05) is 53.2 Å². The number of carboxylic acid groups (broad SMARTS) is 1. The molecule has 4 saturated carbocycles. The van der Waals surface area contributed by atoms with Gasteiger partial charge in [0.1, 0.15) is 122 Å². The zero-order valence-electron chi connectivity index (χ0n) is 54.6. The molecular weight excluding hydrogens is 1250 g/mol. The Kier molecular flexibility index (Phi) is 21.4. The lowest BCUT2D eigenvalue weighted by Crippen LogP contribution is -2.68. The normalized spacial score (nSPS) is 55.3. The highest BCUT2D eigenvalue weighted by atomic mass is 16.8. The van der Waals surface area contributed by atoms with Crippen LogP contribution in [0.5, 0.6) is 0 Å². The number of aliphatic hydroxyl groups is 16. The lowest BCUT2D eigenvalue weighted by atomic mass is 9.33. The van der Waals surface area contributed by atoms with E-state index >= 15 is 0 Å². The van der Waals surface area contributed by atoms with Gasteiger partial charge in [0.15, 0.2) is 37.7 Å². The fraction of sp³-hybridized carbons (Fsp3) is 0.953. The molecule has 0 amide bonds. The molecular formula is C64H104O30. The summed E-state index contributed by atoms with van der Waals surface area (Å²) in [6.45, 7) is 13.3. The SMILES string of the molecule is CC1OC(OC2C(C)OC(OC3C(OC4CCC5(C)C(CCC6(C)C5CC=C5C7CC(C)(C)CCC7(C(=O)O)CCC56C)C4(C)CO)OCC(O)C3O)C(O)C2OC2OC(CO)C(OC3OC(CO)C(OC4OCC(O)C(O)C4O)C(O)C3O)C(O)C2O)C(O)C(O)C1O. The average Bonchev–Trinajstić information content (AvgIpc) is 0.676. The van der Waals surface area contributed by atoms with Crippen molar-refractivity contribution in [3.8, 4) is 0 Å². The molecule has 6 saturated heterocycles. The number of hydrogen-bond acceptors (Lipinski definition) is 29. The first kappa shape index (κ1) is 73.3. The van der Waals surface area contributed by atoms with E-state index in [9.17, 15) is 91.6 Å². The molecule has 11 rings (SSSR count). The zero-order valence-corrected chi connectivity index (χ0v) is 54.6. The van der Waals surface area contributed by atoms with Crippen molar-refractivity contribution in [2.45, 2.75) is 298 Å². The van der Waals surface area contributed by atoms with Gasteiger partial charge in [0.05, 0.1) is 56.8 Å². The second-order valence-corrected chi connectivity index (χ2v) is 30.8. The molecule has 0 aromatic heterocycles. The summed E-state index contributed by atoms with van der Waals surface area (Å²) in [5.74, 6) is -0.715. The van der Waals surface area contributed by atoms with E-state index in [0.29, 0.717) is 25.7 Å². The Labute approximate surface area is 545 Å². The van der Waals surface area contributed by atoms with Crippen LogP contribution in [0.2, 0.25) is 0 Å². The van der Waals surface area contributed by atoms with Gasteiger partial charge in [0, 0.05) is 5.41 Å². The number of ether oxygens (including phenoxy) is 12. The highest BCUT2D eigenvalue weighted by Crippen LogP contribution is 2.76. The Balaban J connectivity index is 0.813. The van der Waals surface area contributed by atoms with E-state index in [-0.39, 0.29) is 46.0 Å². The largest absolute Gasteiger partial charge is 0.481 e. The van der Waals surface area contributed by atoms with Crippen LogP contribution in [0.25, 0.3) is 0 Å². The van der Waals surface area contributed by atoms with E-state index < -0.39 is 221 Å². The molecule has 0 aromatic rings. The summed E-state index contributed by atoms with van der Waals surface area (Å²) in [6, 6.07) is 0. The molecule has 540 valence electrons. The highest BCUT2D eigenvalue weighted by Gasteiger charge is 2.71. The Bertz CT molecular complexity index is 2640. The van der Waals surface area contributed by atoms with Crippen LogP contribution in [-0.4, -0.2) is 304 Å². The summed E-state index contributed by atoms with van der Waals surface area (Å²) in [4.78, 5) is 13.3. The smallest absolute Gasteiger partial charge is 0.310 e. The van der Waals surface area contributed by atoms with Gasteiger partial charge in [-0.25, -0.2) is 0 Å². The summed E-state index contributed by atoms with van der Waals surface area (Å²) >= 11 is 0. The number of hydrogen-bond donors (Lipinski definition) is 17. The first-order valence-electron chi connectivity index (χ1n) is 33.5. The van der Waals surface area contributed by atoms with Crippen molar-refractivity contribution in [1.82, 2.24) is 0 Å². The molecule has 0 bridgehead atoms. The molecule has 17 N–H and O–H groups in total. The number of aliphatic carboxylic acids is 1. The fourth-order valence-corrected chi connectivity index (χ4v) is 19.0. The van der Waals surface area contributed by atoms with Crippen molar-refractivity contribution in [2.75, 3.05) is 33.0 Å². The predicted molar refractivity (Wildman–Crippen MR) is 315 cm³/mol. The van der Waals surface area contributed by atoms with Crippen LogP contribution < -0.4 is 0 Å². The summed E-state index contributed by atoms with van der Waals surface area (Å²) in [7, 11) is 0. The van der Waals surface area contributed by atoms with Crippen LogP contribution in [0, 0.1) is 50.2 Å². The van der Waals surface area contributed by atoms with Gasteiger partial charge in [0.2, 0.25) is 0 Å². The standard InChI is InChI=1S/C64H104O30/c1-25-36(70)39(73)43(77)53(85-25)90-47-26(2)86-56(46(80)50(47)93-55-45(79)41(75)49(32(21-66)88-55)92-54-44(78)40(74)48(31(20-65)87-54)91-52-42(76)37(71)29(68)22-83-52)94-51-38(72)30(69)23-84-57(51)89-35-12-13-60(5)33(61(35,6)24-67)11-14-63(8)34(60)10-9-27-28-19-59(3,4)15-17-64(28,58(81)82)18-16-62(27,63)7/h9,25-26,28-57,65-80H,10-24H2,1-8H3,(H,81,82). The van der Waals surface area contributed by atoms with Crippen LogP contribution in [0.4, 0.5) is 0 Å². The number of rotatable bonds is 16. The number of carboxylic acids is 1. The van der Waals surface area contributed by atoms with Gasteiger partial charge in [-0.3, -0.25) is 4.79 Å². The van der Waals surface area contributed by atoms with E-state index in [2.05, 4.69) is 40.7 Å². The molecule has 6 aliphatic heterocycles. The predicted octanol–water partition coefficient (Wildman–Crippen LogP) is -3.52. The number of allylic oxidation sites excluding steroid dienone is 2. The van der Waals surface area contributed by atoms with Gasteiger partial charge in [-0.05, 0) is 117 Å². The van der Waals surface area contributed by atoms with Crippen LogP contribution >= 0.6 is 0 Å². The van der Waals surface area contributed by atoms with Gasteiger partial charge in [0.25, 0.3) is 0 Å². The van der Waals surface area contributed by atoms with Gasteiger partial charge < -0.3 is 144 Å². The van der Waals surface area contributed by atoms with Crippen LogP contribution in [0.3, 0.4) is 0 Å². The summed E-state index contributed by atoms with van der Waals surface area (Å²) in [5, 5.41) is 188. The molecule has 5 aliphatic carbocycles. The van der Waals surface area contributed by atoms with Crippen LogP contribution in [-0.2, 0) is 61.6 Å². The van der Waals surface area contributed by atoms with Crippen molar-refractivity contribution in [2.24, 2.45) is 50.2 Å². The van der Waals surface area contributed by atoms with E-state index in [4.69, 9.17) is 56.8 Å². The second kappa shape index (κ2) is 27.5. The molecule has 30 heteroatoms. The van der Waals surface area contributed by atoms with E-state index in [1.165, 1.54) is 19.4 Å². The van der Waals surface area contributed by atoms with Gasteiger partial charge >= 0.3 is 5.97 Å². The zero-order chi connectivity index (χ0) is 68.4. The Morgan fingerprint density at radius 1 is 0.489 bits per heavy atom. The van der Waals surface area contributed by atoms with Crippen molar-refractivity contribution in [3.63, 3.8) is 0 Å². The lowest BCUT2D eigenvalue weighted by molar-refractivity contribution is -0.405. The van der Waals surface area contributed by atoms with Crippen molar-refractivity contribution < 1.29 is 148 Å². The Morgan fingerprint density at radius 2 is 1.00 bits per heavy atom. The second-order valence-electron chi connectivity index (χ2n) is 30.8. The van der Waals surface area contributed by atoms with E-state index in [0.717, 1.165) is 38.5 Å². The number of carbonyl (C=O) groups is 1. The summed E-state index contributed by atoms with van der Waals surface area (Å²) < 4.78 is 72.5. The molecule has 0 aromatic carbocycles. The average molecular weight is 1350 g/mol. The first-order chi connectivity index (χ1) is 44.1. The van der Waals surface area contributed by atoms with E-state index in [1.807, 2.05) is 6.92 Å². The minimum absolute atomic E-state index is 0.00271. The molecule has 11 aliphatic rings. The molecule has 6 heterocycles. The molecule has 94 heavy (non-hydrogen) atoms. The topological polar surface area (TPSA) is 472 Å². The van der Waals surface area contributed by atoms with Crippen LogP contribution in [0.15, 0.2) is 11.6 Å². The Hall–Kier alpha value is -1.91. The fourth-order valence-electron chi connectivity index (χ4n) is 19.0. The maximum Gasteiger partial charge on any atom is 0.310 e. The van der Waals surface area contributed by atoms with Gasteiger partial charge in [-0.15, -0.1) is 0 Å². The first-order valence-corrected chi connectivity index (χ1v) is 33.5. The molecule has 37 unspecified atom stereocenters. The Morgan fingerprint density at radius 3 is 1.61 bits per heavy atom. The maximum atomic E-state index is 13.3. The van der Waals surface area contributed by atoms with Crippen molar-refractivity contribution >= 4 is 5.97 Å². The highest BCUT2D eigenvalue weighted by molar-refractivity contribution is 5.76.